The molecule has 1 heterocycles. The molecule has 0 saturated carbocycles. The number of nitrogens with zero attached hydrogens (tertiary/aromatic N) is 1. The molecule has 1 aliphatic heterocycles. The molecular weight excluding hydrogens is 434 g/mol. The van der Waals surface area contributed by atoms with Gasteiger partial charge in [0.2, 0.25) is 12.3 Å². The number of benzene rings is 3. The van der Waals surface area contributed by atoms with Crippen LogP contribution in [0.5, 0.6) is 0 Å². The number of aryl methyl sites for hydroxylation is 1. The van der Waals surface area contributed by atoms with Crippen LogP contribution in [-0.4, -0.2) is 28.8 Å². The monoisotopic (exact) mass is 460 g/mol. The molecule has 4 rings (SSSR count). The minimum absolute atomic E-state index is 0.266. The summed E-state index contributed by atoms with van der Waals surface area (Å²) >= 11 is 5.94. The van der Waals surface area contributed by atoms with Gasteiger partial charge in [-0.15, -0.1) is 10.1 Å². The average molecular weight is 461 g/mol. The molecule has 1 fully saturated rings. The predicted molar refractivity (Wildman–Crippen MR) is 131 cm³/mol. The zero-order valence-electron chi connectivity index (χ0n) is 18.9. The van der Waals surface area contributed by atoms with Crippen molar-refractivity contribution in [2.75, 3.05) is 0 Å². The van der Waals surface area contributed by atoms with Crippen molar-refractivity contribution < 1.29 is 14.3 Å². The molecule has 0 spiro atoms. The van der Waals surface area contributed by atoms with Crippen molar-refractivity contribution in [3.8, 4) is 0 Å². The number of nitrogens with one attached hydrogen (secondary N) is 2. The van der Waals surface area contributed by atoms with Crippen LogP contribution < -0.4 is 10.7 Å². The molecule has 0 radical (unpaired) electrons. The first-order valence-electron chi connectivity index (χ1n) is 11.0. The number of carbonyl (C=O) groups is 2. The van der Waals surface area contributed by atoms with Crippen molar-refractivity contribution in [3.63, 3.8) is 0 Å². The van der Waals surface area contributed by atoms with Crippen LogP contribution in [-0.2, 0) is 4.79 Å². The van der Waals surface area contributed by atoms with Crippen LogP contribution in [0, 0.1) is 6.92 Å². The molecule has 5 nitrogen and oxygen atoms in total. The summed E-state index contributed by atoms with van der Waals surface area (Å²) in [5, 5.41) is 3.46. The first-order valence-corrected chi connectivity index (χ1v) is 11.4. The number of rotatable bonds is 5. The summed E-state index contributed by atoms with van der Waals surface area (Å²) in [7, 11) is 0. The van der Waals surface area contributed by atoms with Crippen molar-refractivity contribution in [3.05, 3.63) is 106 Å². The maximum atomic E-state index is 13.0. The van der Waals surface area contributed by atoms with E-state index in [1.165, 1.54) is 5.56 Å². The first kappa shape index (κ1) is 22.7. The third kappa shape index (κ3) is 5.15. The van der Waals surface area contributed by atoms with E-state index in [0.29, 0.717) is 16.5 Å². The van der Waals surface area contributed by atoms with E-state index in [9.17, 15) is 9.59 Å². The van der Waals surface area contributed by atoms with Crippen LogP contribution in [0.2, 0.25) is 5.02 Å². The van der Waals surface area contributed by atoms with Gasteiger partial charge in [-0.3, -0.25) is 9.59 Å². The van der Waals surface area contributed by atoms with E-state index in [-0.39, 0.29) is 11.8 Å². The maximum absolute atomic E-state index is 13.0. The first-order chi connectivity index (χ1) is 15.8. The minimum atomic E-state index is -0.762. The van der Waals surface area contributed by atoms with E-state index >= 15 is 0 Å². The molecule has 0 aliphatic carbocycles. The molecular formula is C27H27ClN3O2+. The van der Waals surface area contributed by atoms with Gasteiger partial charge in [-0.05, 0) is 54.8 Å². The summed E-state index contributed by atoms with van der Waals surface area (Å²) in [6.07, 6.45) is 1.90. The molecule has 0 aromatic heterocycles. The molecule has 0 bridgehead atoms. The van der Waals surface area contributed by atoms with E-state index in [2.05, 4.69) is 36.7 Å². The van der Waals surface area contributed by atoms with Gasteiger partial charge in [0.1, 0.15) is 0 Å². The van der Waals surface area contributed by atoms with Crippen molar-refractivity contribution in [2.45, 2.75) is 38.8 Å². The summed E-state index contributed by atoms with van der Waals surface area (Å²) in [6, 6.07) is 21.7. The zero-order chi connectivity index (χ0) is 23.5. The van der Waals surface area contributed by atoms with E-state index in [0.717, 1.165) is 16.7 Å². The van der Waals surface area contributed by atoms with Gasteiger partial charge in [0.25, 0.3) is 5.91 Å². The number of hydrazone groups is 1. The second-order valence-corrected chi connectivity index (χ2v) is 9.08. The minimum Gasteiger partial charge on any atom is -0.334 e. The van der Waals surface area contributed by atoms with E-state index in [1.807, 2.05) is 49.5 Å². The fourth-order valence-corrected chi connectivity index (χ4v) is 4.02. The predicted octanol–water partition coefficient (Wildman–Crippen LogP) is 4.79. The quantitative estimate of drug-likeness (QED) is 0.538. The molecule has 2 amide bonds. The van der Waals surface area contributed by atoms with Gasteiger partial charge in [-0.25, -0.2) is 0 Å². The summed E-state index contributed by atoms with van der Waals surface area (Å²) in [5.74, 6) is -0.150. The molecule has 3 aromatic rings. The fraction of sp³-hybridized carbons (Fsp3) is 0.222. The Hall–Kier alpha value is -3.44. The summed E-state index contributed by atoms with van der Waals surface area (Å²) in [4.78, 5) is 25.9. The molecule has 1 saturated heterocycles. The van der Waals surface area contributed by atoms with Crippen molar-refractivity contribution in [2.24, 2.45) is 0 Å². The van der Waals surface area contributed by atoms with Crippen LogP contribution in [0.4, 0.5) is 0 Å². The third-order valence-corrected chi connectivity index (χ3v) is 6.09. The molecule has 33 heavy (non-hydrogen) atoms. The Balaban J connectivity index is 1.68. The smallest absolute Gasteiger partial charge is 0.304 e. The molecule has 0 unspecified atom stereocenters. The topological polar surface area (TPSA) is 61.2 Å². The highest BCUT2D eigenvalue weighted by Gasteiger charge is 2.47. The largest absolute Gasteiger partial charge is 0.334 e. The lowest BCUT2D eigenvalue weighted by molar-refractivity contribution is -0.596. The van der Waals surface area contributed by atoms with Crippen LogP contribution in [0.1, 0.15) is 58.4 Å². The number of carbonyl (C=O) groups excluding carboxylic acids is 2. The summed E-state index contributed by atoms with van der Waals surface area (Å²) < 4.78 is 1.78. The van der Waals surface area contributed by atoms with E-state index < -0.39 is 12.1 Å². The number of amides is 2. The van der Waals surface area contributed by atoms with Gasteiger partial charge in [0.15, 0.2) is 6.04 Å². The van der Waals surface area contributed by atoms with Gasteiger partial charge in [0.05, 0.1) is 0 Å². The molecule has 168 valence electrons. The highest BCUT2D eigenvalue weighted by molar-refractivity contribution is 6.30. The van der Waals surface area contributed by atoms with Crippen molar-refractivity contribution in [1.29, 1.82) is 0 Å². The molecule has 3 aromatic carbocycles. The van der Waals surface area contributed by atoms with Crippen LogP contribution in [0.25, 0.3) is 0 Å². The van der Waals surface area contributed by atoms with Crippen molar-refractivity contribution >= 4 is 29.6 Å². The lowest BCUT2D eigenvalue weighted by atomic mass is 9.98. The standard InChI is InChI=1S/C27H26ClN3O2/c1-17(2)20-10-6-19(7-11-20)16-31-25(21-8-4-18(3)5-9-21)24(27(33)30-31)29-26(32)22-12-14-23(28)15-13-22/h4-17,24-25H,1-3H3,(H-,29,30,32,33)/p+1/b31-16-/t24-,25+/m0/s1. The Kier molecular flexibility index (Phi) is 6.61. The number of hydrogen-bond donors (Lipinski definition) is 2. The number of halogens is 1. The third-order valence-electron chi connectivity index (χ3n) is 5.84. The zero-order valence-corrected chi connectivity index (χ0v) is 19.6. The number of hydrazine groups is 1. The fourth-order valence-electron chi connectivity index (χ4n) is 3.90. The van der Waals surface area contributed by atoms with Crippen molar-refractivity contribution in [1.82, 2.24) is 10.7 Å². The Bertz CT molecular complexity index is 1180. The van der Waals surface area contributed by atoms with Gasteiger partial charge in [0, 0.05) is 21.7 Å². The average Bonchev–Trinajstić information content (AvgIpc) is 3.09. The second-order valence-electron chi connectivity index (χ2n) is 8.65. The highest BCUT2D eigenvalue weighted by Crippen LogP contribution is 2.26. The second kappa shape index (κ2) is 9.59. The highest BCUT2D eigenvalue weighted by atomic mass is 35.5. The normalized spacial score (nSPS) is 19.1. The summed E-state index contributed by atoms with van der Waals surface area (Å²) in [6.45, 7) is 6.32. The van der Waals surface area contributed by atoms with E-state index in [1.54, 1.807) is 28.9 Å². The van der Waals surface area contributed by atoms with Gasteiger partial charge < -0.3 is 5.32 Å². The van der Waals surface area contributed by atoms with Crippen LogP contribution in [0.3, 0.4) is 0 Å². The SMILES string of the molecule is Cc1ccc([C@@H]2[C@H](NC(=O)c3ccc(Cl)cc3)C(=O)N/[N+]2=C\c2ccc(C(C)C)cc2)cc1. The Labute approximate surface area is 199 Å². The Morgan fingerprint density at radius 1 is 1.00 bits per heavy atom. The Morgan fingerprint density at radius 2 is 1.64 bits per heavy atom. The van der Waals surface area contributed by atoms with Gasteiger partial charge in [-0.2, -0.15) is 0 Å². The molecule has 6 heteroatoms. The lowest BCUT2D eigenvalue weighted by Gasteiger charge is -2.15. The number of hydrogen-bond acceptors (Lipinski definition) is 2. The Morgan fingerprint density at radius 3 is 2.24 bits per heavy atom. The molecule has 2 atom stereocenters. The van der Waals surface area contributed by atoms with Crippen LogP contribution in [0.15, 0.2) is 72.8 Å². The molecule has 1 aliphatic rings. The molecule has 2 N–H and O–H groups in total. The van der Waals surface area contributed by atoms with Crippen LogP contribution >= 0.6 is 11.6 Å². The van der Waals surface area contributed by atoms with E-state index in [4.69, 9.17) is 11.6 Å². The summed E-state index contributed by atoms with van der Waals surface area (Å²) in [5.41, 5.74) is 7.63. The van der Waals surface area contributed by atoms with Gasteiger partial charge >= 0.3 is 5.91 Å². The van der Waals surface area contributed by atoms with Gasteiger partial charge in [-0.1, -0.05) is 67.4 Å². The lowest BCUT2D eigenvalue weighted by Crippen LogP contribution is -2.42. The maximum Gasteiger partial charge on any atom is 0.304 e.